The van der Waals surface area contributed by atoms with Gasteiger partial charge in [-0.2, -0.15) is 5.10 Å². The predicted octanol–water partition coefficient (Wildman–Crippen LogP) is 0.360. The molecule has 0 saturated carbocycles. The fourth-order valence-electron chi connectivity index (χ4n) is 2.01. The van der Waals surface area contributed by atoms with E-state index in [9.17, 15) is 0 Å². The molecule has 1 N–H and O–H groups in total. The van der Waals surface area contributed by atoms with Gasteiger partial charge >= 0.3 is 0 Å². The lowest BCUT2D eigenvalue weighted by Gasteiger charge is -2.14. The Balaban J connectivity index is 2.19. The van der Waals surface area contributed by atoms with Gasteiger partial charge in [0.2, 0.25) is 0 Å². The minimum absolute atomic E-state index is 0.206. The fourth-order valence-corrected chi connectivity index (χ4v) is 2.01. The number of aromatic nitrogens is 5. The molecule has 2 aromatic heterocycles. The number of nitrogens with zero attached hydrogens (tertiary/aromatic N) is 5. The number of hydrogen-bond donors (Lipinski definition) is 1. The van der Waals surface area contributed by atoms with Gasteiger partial charge in [-0.1, -0.05) is 5.21 Å². The van der Waals surface area contributed by atoms with Crippen molar-refractivity contribution < 1.29 is 0 Å². The van der Waals surface area contributed by atoms with E-state index >= 15 is 0 Å². The molecule has 1 unspecified atom stereocenters. The minimum atomic E-state index is 0.206. The van der Waals surface area contributed by atoms with Crippen LogP contribution in [-0.4, -0.2) is 31.8 Å². The van der Waals surface area contributed by atoms with Crippen molar-refractivity contribution in [2.75, 3.05) is 7.05 Å². The van der Waals surface area contributed by atoms with Gasteiger partial charge in [0.25, 0.3) is 0 Å². The average molecular weight is 234 g/mol. The molecule has 2 heterocycles. The summed E-state index contributed by atoms with van der Waals surface area (Å²) in [5.41, 5.74) is 3.17. The maximum Gasteiger partial charge on any atom is 0.0846 e. The molecule has 6 nitrogen and oxygen atoms in total. The van der Waals surface area contributed by atoms with Crippen molar-refractivity contribution in [1.29, 1.82) is 0 Å². The molecule has 0 aliphatic heterocycles. The Bertz CT molecular complexity index is 498. The van der Waals surface area contributed by atoms with Crippen molar-refractivity contribution in [3.8, 4) is 0 Å². The van der Waals surface area contributed by atoms with Crippen LogP contribution >= 0.6 is 0 Å². The third-order valence-corrected chi connectivity index (χ3v) is 2.81. The second-order valence-electron chi connectivity index (χ2n) is 4.26. The Labute approximate surface area is 101 Å². The summed E-state index contributed by atoms with van der Waals surface area (Å²) in [6, 6.07) is 2.30. The van der Waals surface area contributed by atoms with Gasteiger partial charge in [-0.25, -0.2) is 0 Å². The molecule has 2 aromatic rings. The standard InChI is InChI=1S/C11H18N6/c1-8-5-11(17(4)14-8)10(12-2)6-9-7-16(3)15-13-9/h5,7,10,12H,6H2,1-4H3. The van der Waals surface area contributed by atoms with Gasteiger partial charge in [-0.15, -0.1) is 5.10 Å². The van der Waals surface area contributed by atoms with Crippen LogP contribution in [0.25, 0.3) is 0 Å². The first-order valence-corrected chi connectivity index (χ1v) is 5.63. The van der Waals surface area contributed by atoms with Gasteiger partial charge in [0, 0.05) is 26.7 Å². The third-order valence-electron chi connectivity index (χ3n) is 2.81. The first-order valence-electron chi connectivity index (χ1n) is 5.63. The number of nitrogens with one attached hydrogen (secondary N) is 1. The second-order valence-corrected chi connectivity index (χ2v) is 4.26. The number of likely N-dealkylation sites (N-methyl/N-ethyl adjacent to an activating group) is 1. The van der Waals surface area contributed by atoms with E-state index in [4.69, 9.17) is 0 Å². The van der Waals surface area contributed by atoms with Gasteiger partial charge in [0.05, 0.1) is 23.1 Å². The Kier molecular flexibility index (Phi) is 3.23. The zero-order valence-corrected chi connectivity index (χ0v) is 10.7. The van der Waals surface area contributed by atoms with Gasteiger partial charge in [0.15, 0.2) is 0 Å². The maximum absolute atomic E-state index is 4.36. The molecule has 0 aliphatic carbocycles. The van der Waals surface area contributed by atoms with Gasteiger partial charge in [-0.05, 0) is 20.0 Å². The second kappa shape index (κ2) is 4.67. The molecule has 0 amide bonds. The molecule has 1 atom stereocenters. The molecule has 17 heavy (non-hydrogen) atoms. The van der Waals surface area contributed by atoms with Crippen molar-refractivity contribution in [1.82, 2.24) is 30.1 Å². The summed E-state index contributed by atoms with van der Waals surface area (Å²) in [4.78, 5) is 0. The molecule has 0 aromatic carbocycles. The van der Waals surface area contributed by atoms with Crippen molar-refractivity contribution in [3.63, 3.8) is 0 Å². The maximum atomic E-state index is 4.36. The van der Waals surface area contributed by atoms with Crippen molar-refractivity contribution in [2.45, 2.75) is 19.4 Å². The number of rotatable bonds is 4. The van der Waals surface area contributed by atoms with E-state index in [0.717, 1.165) is 23.5 Å². The molecule has 0 aliphatic rings. The van der Waals surface area contributed by atoms with Crippen LogP contribution in [-0.2, 0) is 20.5 Å². The first-order chi connectivity index (χ1) is 8.10. The van der Waals surface area contributed by atoms with Crippen LogP contribution in [0.5, 0.6) is 0 Å². The summed E-state index contributed by atoms with van der Waals surface area (Å²) in [5, 5.41) is 15.7. The van der Waals surface area contributed by atoms with E-state index in [1.165, 1.54) is 0 Å². The van der Waals surface area contributed by atoms with Crippen LogP contribution in [0.15, 0.2) is 12.3 Å². The van der Waals surface area contributed by atoms with E-state index in [0.29, 0.717) is 0 Å². The van der Waals surface area contributed by atoms with Crippen molar-refractivity contribution in [3.05, 3.63) is 29.3 Å². The molecule has 0 radical (unpaired) electrons. The summed E-state index contributed by atoms with van der Waals surface area (Å²) in [5.74, 6) is 0. The van der Waals surface area contributed by atoms with Crippen LogP contribution in [0.4, 0.5) is 0 Å². The van der Waals surface area contributed by atoms with E-state index in [-0.39, 0.29) is 6.04 Å². The molecule has 2 rings (SSSR count). The van der Waals surface area contributed by atoms with Gasteiger partial charge in [0.1, 0.15) is 0 Å². The monoisotopic (exact) mass is 234 g/mol. The predicted molar refractivity (Wildman–Crippen MR) is 64.5 cm³/mol. The number of hydrogen-bond acceptors (Lipinski definition) is 4. The third kappa shape index (κ3) is 2.52. The largest absolute Gasteiger partial charge is 0.311 e. The molecule has 0 bridgehead atoms. The Morgan fingerprint density at radius 1 is 1.41 bits per heavy atom. The van der Waals surface area contributed by atoms with Gasteiger partial charge in [-0.3, -0.25) is 9.36 Å². The zero-order valence-electron chi connectivity index (χ0n) is 10.7. The number of aryl methyl sites for hydroxylation is 3. The summed E-state index contributed by atoms with van der Waals surface area (Å²) < 4.78 is 3.63. The highest BCUT2D eigenvalue weighted by Gasteiger charge is 2.16. The Hall–Kier alpha value is -1.69. The highest BCUT2D eigenvalue weighted by molar-refractivity contribution is 5.15. The molecule has 0 fully saturated rings. The Morgan fingerprint density at radius 3 is 2.65 bits per heavy atom. The minimum Gasteiger partial charge on any atom is -0.311 e. The molecule has 0 saturated heterocycles. The van der Waals surface area contributed by atoms with E-state index < -0.39 is 0 Å². The SMILES string of the molecule is CNC(Cc1cn(C)nn1)c1cc(C)nn1C. The lowest BCUT2D eigenvalue weighted by molar-refractivity contribution is 0.531. The zero-order chi connectivity index (χ0) is 12.4. The fraction of sp³-hybridized carbons (Fsp3) is 0.545. The van der Waals surface area contributed by atoms with Crippen LogP contribution < -0.4 is 5.32 Å². The summed E-state index contributed by atoms with van der Waals surface area (Å²) in [6.07, 6.45) is 2.75. The van der Waals surface area contributed by atoms with E-state index in [2.05, 4.69) is 26.8 Å². The molecular formula is C11H18N6. The highest BCUT2D eigenvalue weighted by Crippen LogP contribution is 2.17. The van der Waals surface area contributed by atoms with Crippen LogP contribution in [0, 0.1) is 6.92 Å². The smallest absolute Gasteiger partial charge is 0.0846 e. The van der Waals surface area contributed by atoms with E-state index in [1.807, 2.05) is 38.9 Å². The summed E-state index contributed by atoms with van der Waals surface area (Å²) in [6.45, 7) is 2.00. The van der Waals surface area contributed by atoms with Gasteiger partial charge < -0.3 is 5.32 Å². The quantitative estimate of drug-likeness (QED) is 0.830. The lowest BCUT2D eigenvalue weighted by Crippen LogP contribution is -2.21. The molecule has 6 heteroatoms. The van der Waals surface area contributed by atoms with Crippen LogP contribution in [0.3, 0.4) is 0 Å². The topological polar surface area (TPSA) is 60.6 Å². The normalized spacial score (nSPS) is 12.9. The highest BCUT2D eigenvalue weighted by atomic mass is 15.4. The Morgan fingerprint density at radius 2 is 2.18 bits per heavy atom. The average Bonchev–Trinajstić information content (AvgIpc) is 2.82. The van der Waals surface area contributed by atoms with Crippen molar-refractivity contribution in [2.24, 2.45) is 14.1 Å². The lowest BCUT2D eigenvalue weighted by atomic mass is 10.1. The molecular weight excluding hydrogens is 216 g/mol. The van der Waals surface area contributed by atoms with Crippen LogP contribution in [0.2, 0.25) is 0 Å². The summed E-state index contributed by atoms with van der Waals surface area (Å²) in [7, 11) is 5.78. The first kappa shape index (κ1) is 11.8. The summed E-state index contributed by atoms with van der Waals surface area (Å²) >= 11 is 0. The molecule has 0 spiro atoms. The van der Waals surface area contributed by atoms with E-state index in [1.54, 1.807) is 4.68 Å². The van der Waals surface area contributed by atoms with Crippen molar-refractivity contribution >= 4 is 0 Å². The van der Waals surface area contributed by atoms with Crippen LogP contribution in [0.1, 0.15) is 23.1 Å². The molecule has 92 valence electrons.